The molecule has 13 rings (SSSR count). The summed E-state index contributed by atoms with van der Waals surface area (Å²) in [6.07, 6.45) is 0. The maximum absolute atomic E-state index is 9.81. The standard InChI is InChI=1S/C51H30N6O/c1-9-23-40-31(15-1)32-16-2-10-24-41(32)56(40)50-52-49(53-51(54-50)57-42-25-11-3-17-33(42)34-18-4-12-26-43(34)57)37-20-6-13-27-44(37)55-39-22-8-5-19-35(39)36-29-30-46-47(48(36)55)38-21-7-14-28-45(38)58-46/h1-30H/i1D,2D,6D,9D,10D,13D,15D,16D,20D,23D,24D,27D. The molecule has 0 amide bonds. The Kier molecular flexibility index (Phi) is 4.43. The van der Waals surface area contributed by atoms with E-state index < -0.39 is 72.5 Å². The van der Waals surface area contributed by atoms with Crippen molar-refractivity contribution in [2.24, 2.45) is 0 Å². The highest BCUT2D eigenvalue weighted by Gasteiger charge is 2.24. The molecule has 58 heavy (non-hydrogen) atoms. The van der Waals surface area contributed by atoms with Gasteiger partial charge in [0.05, 0.1) is 60.6 Å². The summed E-state index contributed by atoms with van der Waals surface area (Å²) < 4.78 is 121. The summed E-state index contributed by atoms with van der Waals surface area (Å²) in [6, 6.07) is 27.0. The Morgan fingerprint density at radius 1 is 0.397 bits per heavy atom. The van der Waals surface area contributed by atoms with Crippen molar-refractivity contribution in [3.63, 3.8) is 0 Å². The van der Waals surface area contributed by atoms with Crippen LogP contribution < -0.4 is 0 Å². The first-order chi connectivity index (χ1) is 33.8. The largest absolute Gasteiger partial charge is 0.456 e. The minimum atomic E-state index is -0.641. The van der Waals surface area contributed by atoms with Gasteiger partial charge in [-0.1, -0.05) is 121 Å². The quantitative estimate of drug-likeness (QED) is 0.179. The van der Waals surface area contributed by atoms with E-state index in [1.807, 2.05) is 109 Å². The van der Waals surface area contributed by atoms with Crippen LogP contribution in [-0.2, 0) is 0 Å². The highest BCUT2D eigenvalue weighted by atomic mass is 16.3. The van der Waals surface area contributed by atoms with Gasteiger partial charge in [-0.25, -0.2) is 0 Å². The van der Waals surface area contributed by atoms with Crippen molar-refractivity contribution in [2.75, 3.05) is 0 Å². The van der Waals surface area contributed by atoms with Gasteiger partial charge in [0.1, 0.15) is 11.2 Å². The van der Waals surface area contributed by atoms with E-state index in [1.165, 1.54) is 4.57 Å². The molecule has 0 radical (unpaired) electrons. The Bertz CT molecular complexity index is 4410. The van der Waals surface area contributed by atoms with Gasteiger partial charge in [0.25, 0.3) is 0 Å². The second-order valence-corrected chi connectivity index (χ2v) is 13.9. The summed E-state index contributed by atoms with van der Waals surface area (Å²) in [5.74, 6) is -0.714. The molecular weight excluding hydrogens is 713 g/mol. The van der Waals surface area contributed by atoms with E-state index in [2.05, 4.69) is 0 Å². The van der Waals surface area contributed by atoms with Crippen molar-refractivity contribution < 1.29 is 20.9 Å². The fraction of sp³-hybridized carbons (Fsp3) is 0. The highest BCUT2D eigenvalue weighted by molar-refractivity contribution is 6.24. The van der Waals surface area contributed by atoms with Gasteiger partial charge >= 0.3 is 0 Å². The second-order valence-electron chi connectivity index (χ2n) is 13.9. The van der Waals surface area contributed by atoms with Crippen LogP contribution in [0.25, 0.3) is 116 Å². The van der Waals surface area contributed by atoms with Crippen molar-refractivity contribution in [1.29, 1.82) is 0 Å². The molecule has 13 aromatic rings. The molecular formula is C51H30N6O. The maximum Gasteiger partial charge on any atom is 0.240 e. The Labute approximate surface area is 347 Å². The van der Waals surface area contributed by atoms with Crippen LogP contribution in [0.5, 0.6) is 0 Å². The van der Waals surface area contributed by atoms with Gasteiger partial charge in [-0.3, -0.25) is 9.13 Å². The van der Waals surface area contributed by atoms with Crippen molar-refractivity contribution in [1.82, 2.24) is 28.7 Å². The molecule has 0 aliphatic heterocycles. The van der Waals surface area contributed by atoms with E-state index in [0.717, 1.165) is 26.9 Å². The summed E-state index contributed by atoms with van der Waals surface area (Å²) >= 11 is 0. The molecule has 0 aliphatic rings. The van der Waals surface area contributed by atoms with Crippen LogP contribution in [0.15, 0.2) is 186 Å². The topological polar surface area (TPSA) is 66.6 Å². The number of nitrogens with zero attached hydrogens (tertiary/aromatic N) is 6. The molecule has 0 spiro atoms. The first-order valence-electron chi connectivity index (χ1n) is 24.5. The molecule has 5 aromatic heterocycles. The lowest BCUT2D eigenvalue weighted by atomic mass is 10.1. The highest BCUT2D eigenvalue weighted by Crippen LogP contribution is 2.43. The molecule has 0 fully saturated rings. The normalized spacial score (nSPS) is 15.0. The molecule has 7 heteroatoms. The lowest BCUT2D eigenvalue weighted by molar-refractivity contribution is 0.669. The molecule has 0 saturated carbocycles. The number of fused-ring (bicyclic) bond motifs is 13. The average Bonchev–Trinajstić information content (AvgIpc) is 4.13. The number of hydrogen-bond donors (Lipinski definition) is 0. The second kappa shape index (κ2) is 11.7. The predicted molar refractivity (Wildman–Crippen MR) is 236 cm³/mol. The summed E-state index contributed by atoms with van der Waals surface area (Å²) in [5.41, 5.74) is 2.94. The van der Waals surface area contributed by atoms with E-state index in [1.54, 1.807) is 9.13 Å². The Morgan fingerprint density at radius 3 is 1.59 bits per heavy atom. The fourth-order valence-corrected chi connectivity index (χ4v) is 8.56. The monoisotopic (exact) mass is 754 g/mol. The molecule has 0 aliphatic carbocycles. The lowest BCUT2D eigenvalue weighted by Gasteiger charge is -2.16. The minimum Gasteiger partial charge on any atom is -0.456 e. The van der Waals surface area contributed by atoms with Crippen LogP contribution >= 0.6 is 0 Å². The smallest absolute Gasteiger partial charge is 0.240 e. The van der Waals surface area contributed by atoms with E-state index >= 15 is 0 Å². The molecule has 7 nitrogen and oxygen atoms in total. The van der Waals surface area contributed by atoms with E-state index in [9.17, 15) is 8.22 Å². The summed E-state index contributed by atoms with van der Waals surface area (Å²) in [7, 11) is 0. The molecule has 0 N–H and O–H groups in total. The minimum absolute atomic E-state index is 0.0219. The first-order valence-corrected chi connectivity index (χ1v) is 18.5. The zero-order chi connectivity index (χ0) is 48.3. The van der Waals surface area contributed by atoms with Crippen molar-refractivity contribution in [3.8, 4) is 29.0 Å². The number of rotatable bonds is 4. The molecule has 0 saturated heterocycles. The molecule has 0 bridgehead atoms. The third-order valence-corrected chi connectivity index (χ3v) is 10.9. The predicted octanol–water partition coefficient (Wildman–Crippen LogP) is 12.7. The van der Waals surface area contributed by atoms with Gasteiger partial charge in [0.15, 0.2) is 5.82 Å². The first kappa shape index (κ1) is 21.9. The van der Waals surface area contributed by atoms with E-state index in [-0.39, 0.29) is 50.8 Å². The van der Waals surface area contributed by atoms with Gasteiger partial charge in [-0.15, -0.1) is 0 Å². The summed E-state index contributed by atoms with van der Waals surface area (Å²) in [6.45, 7) is 0. The lowest BCUT2D eigenvalue weighted by Crippen LogP contribution is -2.11. The van der Waals surface area contributed by atoms with Crippen LogP contribution in [0.1, 0.15) is 16.4 Å². The van der Waals surface area contributed by atoms with Crippen molar-refractivity contribution in [3.05, 3.63) is 182 Å². The Morgan fingerprint density at radius 2 is 0.914 bits per heavy atom. The van der Waals surface area contributed by atoms with Gasteiger partial charge < -0.3 is 8.98 Å². The number of furan rings is 1. The number of hydrogen-bond acceptors (Lipinski definition) is 4. The molecule has 0 atom stereocenters. The van der Waals surface area contributed by atoms with Crippen molar-refractivity contribution >= 4 is 87.4 Å². The molecule has 8 aromatic carbocycles. The van der Waals surface area contributed by atoms with E-state index in [4.69, 9.17) is 27.6 Å². The molecule has 5 heterocycles. The van der Waals surface area contributed by atoms with Crippen LogP contribution in [0.2, 0.25) is 0 Å². The SMILES string of the molecule is [2H]c1c([2H])c([2H])c(-n2c3ccccc3c3ccc4oc5ccccc5c4c32)c(-c2nc(-n3c4ccccc4c4ccccc43)nc(-n3c4c([2H])c([2H])c([2H])c([2H])c4c4c([2H])c([2H])c([2H])c([2H])c43)n2)c1[2H]. The van der Waals surface area contributed by atoms with Gasteiger partial charge in [0, 0.05) is 43.3 Å². The zero-order valence-corrected chi connectivity index (χ0v) is 30.0. The van der Waals surface area contributed by atoms with Gasteiger partial charge in [-0.05, 0) is 60.6 Å². The maximum atomic E-state index is 9.81. The van der Waals surface area contributed by atoms with Gasteiger partial charge in [0.2, 0.25) is 11.9 Å². The average molecular weight is 755 g/mol. The van der Waals surface area contributed by atoms with E-state index in [0.29, 0.717) is 38.6 Å². The number of benzene rings is 8. The fourth-order valence-electron chi connectivity index (χ4n) is 8.56. The molecule has 270 valence electrons. The summed E-state index contributed by atoms with van der Waals surface area (Å²) in [4.78, 5) is 15.2. The third-order valence-electron chi connectivity index (χ3n) is 10.9. The summed E-state index contributed by atoms with van der Waals surface area (Å²) in [5, 5.41) is 4.26. The van der Waals surface area contributed by atoms with Crippen LogP contribution in [-0.4, -0.2) is 28.7 Å². The van der Waals surface area contributed by atoms with Crippen LogP contribution in [0.4, 0.5) is 0 Å². The Hall–Kier alpha value is -8.03. The third kappa shape index (κ3) is 4.24. The molecule has 0 unspecified atom stereocenters. The van der Waals surface area contributed by atoms with Crippen LogP contribution in [0.3, 0.4) is 0 Å². The number of aromatic nitrogens is 6. The van der Waals surface area contributed by atoms with Crippen LogP contribution in [0, 0.1) is 0 Å². The Balaban J connectivity index is 1.26. The van der Waals surface area contributed by atoms with Crippen molar-refractivity contribution in [2.45, 2.75) is 0 Å². The zero-order valence-electron chi connectivity index (χ0n) is 42.0. The number of para-hydroxylation sites is 7. The van der Waals surface area contributed by atoms with Gasteiger partial charge in [-0.2, -0.15) is 15.0 Å².